The molecule has 2 fully saturated rings. The fourth-order valence-electron chi connectivity index (χ4n) is 5.10. The van der Waals surface area contributed by atoms with Crippen molar-refractivity contribution in [3.63, 3.8) is 0 Å². The number of carbonyl (C=O) groups excluding carboxylic acids is 1. The van der Waals surface area contributed by atoms with Gasteiger partial charge >= 0.3 is 0 Å². The van der Waals surface area contributed by atoms with Gasteiger partial charge in [0.2, 0.25) is 5.91 Å². The molecule has 2 aromatic heterocycles. The monoisotopic (exact) mass is 460 g/mol. The molecule has 0 saturated carbocycles. The zero-order chi connectivity index (χ0) is 23.5. The second kappa shape index (κ2) is 9.93. The largest absolute Gasteiger partial charge is 0.353 e. The molecule has 0 atom stereocenters. The Hall–Kier alpha value is -3.26. The third-order valence-electron chi connectivity index (χ3n) is 7.15. The lowest BCUT2D eigenvalue weighted by atomic mass is 9.94. The molecule has 0 bridgehead atoms. The number of aryl methyl sites for hydroxylation is 1. The second-order valence-electron chi connectivity index (χ2n) is 9.45. The molecular weight excluding hydrogens is 428 g/mol. The first-order valence-corrected chi connectivity index (χ1v) is 12.2. The molecule has 5 rings (SSSR count). The third-order valence-corrected chi connectivity index (χ3v) is 7.15. The Morgan fingerprint density at radius 2 is 1.74 bits per heavy atom. The van der Waals surface area contributed by atoms with Crippen LogP contribution in [-0.4, -0.2) is 57.6 Å². The van der Waals surface area contributed by atoms with Crippen molar-refractivity contribution in [2.24, 2.45) is 13.0 Å². The van der Waals surface area contributed by atoms with Gasteiger partial charge in [-0.25, -0.2) is 9.97 Å². The zero-order valence-electron chi connectivity index (χ0n) is 19.7. The molecule has 4 heterocycles. The van der Waals surface area contributed by atoms with Gasteiger partial charge in [-0.15, -0.1) is 0 Å². The number of hydrogen-bond acceptors (Lipinski definition) is 6. The molecule has 8 nitrogen and oxygen atoms in total. The lowest BCUT2D eigenvalue weighted by Gasteiger charge is -2.35. The Labute approximate surface area is 199 Å². The number of piperidine rings is 2. The van der Waals surface area contributed by atoms with E-state index in [0.717, 1.165) is 45.3 Å². The fourth-order valence-corrected chi connectivity index (χ4v) is 5.10. The van der Waals surface area contributed by atoms with Gasteiger partial charge in [0.15, 0.2) is 11.5 Å². The van der Waals surface area contributed by atoms with Crippen LogP contribution in [0.15, 0.2) is 53.5 Å². The number of hydrogen-bond donors (Lipinski definition) is 1. The molecule has 1 aromatic carbocycles. The highest BCUT2D eigenvalue weighted by atomic mass is 16.2. The van der Waals surface area contributed by atoms with E-state index in [1.807, 2.05) is 23.1 Å². The van der Waals surface area contributed by atoms with Crippen molar-refractivity contribution in [1.82, 2.24) is 24.8 Å². The smallest absolute Gasteiger partial charge is 0.294 e. The van der Waals surface area contributed by atoms with Crippen LogP contribution in [0.3, 0.4) is 0 Å². The molecule has 0 spiro atoms. The first-order chi connectivity index (χ1) is 16.6. The maximum Gasteiger partial charge on any atom is 0.294 e. The summed E-state index contributed by atoms with van der Waals surface area (Å²) in [5.41, 5.74) is 2.48. The predicted molar refractivity (Wildman–Crippen MR) is 133 cm³/mol. The summed E-state index contributed by atoms with van der Waals surface area (Å²) in [7, 11) is 1.73. The molecule has 34 heavy (non-hydrogen) atoms. The maximum atomic E-state index is 12.9. The number of amides is 1. The number of nitrogens with one attached hydrogen (secondary N) is 1. The van der Waals surface area contributed by atoms with E-state index in [1.165, 1.54) is 5.56 Å². The molecule has 2 aliphatic rings. The summed E-state index contributed by atoms with van der Waals surface area (Å²) in [6.07, 6.45) is 5.11. The number of aromatic nitrogens is 3. The minimum Gasteiger partial charge on any atom is -0.353 e. The SMILES string of the molecule is Cn1c(=O)c(N2CCC(C(=O)NC3CCN(Cc4ccccc4)CC3)CC2)nc2cccnc21. The molecule has 1 N–H and O–H groups in total. The summed E-state index contributed by atoms with van der Waals surface area (Å²) in [5, 5.41) is 3.30. The molecule has 0 radical (unpaired) electrons. The van der Waals surface area contributed by atoms with E-state index in [1.54, 1.807) is 17.8 Å². The quantitative estimate of drug-likeness (QED) is 0.629. The van der Waals surface area contributed by atoms with Crippen LogP contribution >= 0.6 is 0 Å². The Kier molecular flexibility index (Phi) is 6.58. The highest BCUT2D eigenvalue weighted by molar-refractivity contribution is 5.79. The van der Waals surface area contributed by atoms with Gasteiger partial charge in [-0.3, -0.25) is 19.1 Å². The number of anilines is 1. The molecule has 3 aromatic rings. The number of carbonyl (C=O) groups is 1. The van der Waals surface area contributed by atoms with E-state index in [-0.39, 0.29) is 23.4 Å². The van der Waals surface area contributed by atoms with Crippen LogP contribution in [0.25, 0.3) is 11.2 Å². The van der Waals surface area contributed by atoms with Gasteiger partial charge in [0.25, 0.3) is 5.56 Å². The number of pyridine rings is 1. The zero-order valence-corrected chi connectivity index (χ0v) is 19.7. The lowest BCUT2D eigenvalue weighted by molar-refractivity contribution is -0.126. The molecule has 1 amide bonds. The Morgan fingerprint density at radius 3 is 2.47 bits per heavy atom. The van der Waals surface area contributed by atoms with Crippen molar-refractivity contribution in [3.8, 4) is 0 Å². The molecular formula is C26H32N6O2. The average molecular weight is 461 g/mol. The van der Waals surface area contributed by atoms with Crippen molar-refractivity contribution in [2.75, 3.05) is 31.1 Å². The topological polar surface area (TPSA) is 83.4 Å². The van der Waals surface area contributed by atoms with Crippen molar-refractivity contribution in [2.45, 2.75) is 38.3 Å². The molecule has 178 valence electrons. The van der Waals surface area contributed by atoms with Gasteiger partial charge in [-0.1, -0.05) is 30.3 Å². The Morgan fingerprint density at radius 1 is 1.00 bits per heavy atom. The Bertz CT molecular complexity index is 1190. The van der Waals surface area contributed by atoms with Crippen LogP contribution in [0.4, 0.5) is 5.82 Å². The minimum atomic E-state index is -0.142. The van der Waals surface area contributed by atoms with Crippen LogP contribution in [0.2, 0.25) is 0 Å². The molecule has 2 aliphatic heterocycles. The van der Waals surface area contributed by atoms with Crippen molar-refractivity contribution >= 4 is 22.9 Å². The van der Waals surface area contributed by atoms with Crippen LogP contribution in [0.5, 0.6) is 0 Å². The van der Waals surface area contributed by atoms with Gasteiger partial charge in [0, 0.05) is 57.9 Å². The van der Waals surface area contributed by atoms with Crippen LogP contribution in [0.1, 0.15) is 31.2 Å². The van der Waals surface area contributed by atoms with E-state index in [4.69, 9.17) is 0 Å². The molecule has 8 heteroatoms. The van der Waals surface area contributed by atoms with E-state index in [2.05, 4.69) is 44.5 Å². The van der Waals surface area contributed by atoms with Crippen LogP contribution < -0.4 is 15.8 Å². The van der Waals surface area contributed by atoms with Crippen molar-refractivity contribution in [1.29, 1.82) is 0 Å². The summed E-state index contributed by atoms with van der Waals surface area (Å²) < 4.78 is 1.56. The van der Waals surface area contributed by atoms with E-state index in [0.29, 0.717) is 30.1 Å². The van der Waals surface area contributed by atoms with E-state index in [9.17, 15) is 9.59 Å². The van der Waals surface area contributed by atoms with Gasteiger partial charge in [-0.2, -0.15) is 0 Å². The number of fused-ring (bicyclic) bond motifs is 1. The van der Waals surface area contributed by atoms with Gasteiger partial charge in [-0.05, 0) is 43.4 Å². The summed E-state index contributed by atoms with van der Waals surface area (Å²) >= 11 is 0. The predicted octanol–water partition coefficient (Wildman–Crippen LogP) is 2.33. The second-order valence-corrected chi connectivity index (χ2v) is 9.45. The van der Waals surface area contributed by atoms with E-state index >= 15 is 0 Å². The normalized spacial score (nSPS) is 18.3. The average Bonchev–Trinajstić information content (AvgIpc) is 2.88. The number of rotatable bonds is 5. The molecule has 0 unspecified atom stereocenters. The van der Waals surface area contributed by atoms with Gasteiger partial charge in [0.1, 0.15) is 5.52 Å². The summed E-state index contributed by atoms with van der Waals surface area (Å²) in [6, 6.07) is 14.5. The van der Waals surface area contributed by atoms with Crippen molar-refractivity contribution in [3.05, 3.63) is 64.6 Å². The standard InChI is InChI=1S/C26H32N6O2/c1-30-23-22(8-5-13-27-23)29-24(26(30)34)32-16-9-20(10-17-32)25(33)28-21-11-14-31(15-12-21)18-19-6-3-2-4-7-19/h2-8,13,20-21H,9-12,14-18H2,1H3,(H,28,33). The van der Waals surface area contributed by atoms with Crippen LogP contribution in [-0.2, 0) is 18.4 Å². The Balaban J connectivity index is 1.12. The highest BCUT2D eigenvalue weighted by Gasteiger charge is 2.29. The summed E-state index contributed by atoms with van der Waals surface area (Å²) in [4.78, 5) is 39.1. The van der Waals surface area contributed by atoms with Gasteiger partial charge in [0.05, 0.1) is 0 Å². The number of likely N-dealkylation sites (tertiary alicyclic amines) is 1. The third kappa shape index (κ3) is 4.82. The maximum absolute atomic E-state index is 12.9. The van der Waals surface area contributed by atoms with Crippen LogP contribution in [0, 0.1) is 5.92 Å². The fraction of sp³-hybridized carbons (Fsp3) is 0.462. The highest BCUT2D eigenvalue weighted by Crippen LogP contribution is 2.22. The summed E-state index contributed by atoms with van der Waals surface area (Å²) in [6.45, 7) is 4.29. The molecule has 0 aliphatic carbocycles. The number of nitrogens with zero attached hydrogens (tertiary/aromatic N) is 5. The lowest BCUT2D eigenvalue weighted by Crippen LogP contribution is -2.48. The number of benzene rings is 1. The minimum absolute atomic E-state index is 0.00965. The van der Waals surface area contributed by atoms with Gasteiger partial charge < -0.3 is 10.2 Å². The van der Waals surface area contributed by atoms with E-state index < -0.39 is 0 Å². The summed E-state index contributed by atoms with van der Waals surface area (Å²) in [5.74, 6) is 0.599. The molecule has 2 saturated heterocycles. The van der Waals surface area contributed by atoms with Crippen molar-refractivity contribution < 1.29 is 4.79 Å². The first kappa shape index (κ1) is 22.5. The first-order valence-electron chi connectivity index (χ1n) is 12.2.